The molecule has 6 heteroatoms. The molecule has 0 aromatic heterocycles. The van der Waals surface area contributed by atoms with Crippen LogP contribution in [-0.4, -0.2) is 35.7 Å². The Labute approximate surface area is 140 Å². The van der Waals surface area contributed by atoms with Crippen LogP contribution < -0.4 is 0 Å². The third-order valence-corrected chi connectivity index (χ3v) is 4.52. The Hall–Kier alpha value is -0.255. The van der Waals surface area contributed by atoms with Crippen LogP contribution in [0.15, 0.2) is 0 Å². The minimum Gasteiger partial charge on any atom is -0.460 e. The van der Waals surface area contributed by atoms with Gasteiger partial charge < -0.3 is 14.0 Å². The molecule has 0 aromatic rings. The molecule has 0 N–H and O–H groups in total. The molecule has 0 bridgehead atoms. The molecule has 1 aliphatic rings. The van der Waals surface area contributed by atoms with E-state index in [1.54, 1.807) is 0 Å². The van der Waals surface area contributed by atoms with E-state index in [2.05, 4.69) is 13.8 Å². The van der Waals surface area contributed by atoms with Crippen molar-refractivity contribution < 1.29 is 18.8 Å². The van der Waals surface area contributed by atoms with Crippen molar-refractivity contribution in [2.24, 2.45) is 5.92 Å². The average molecular weight is 333 g/mol. The number of hydrogen-bond acceptors (Lipinski definition) is 4. The van der Waals surface area contributed by atoms with Gasteiger partial charge in [0, 0.05) is 6.42 Å². The second kappa shape index (κ2) is 7.10. The van der Waals surface area contributed by atoms with Crippen LogP contribution in [0.5, 0.6) is 0 Å². The summed E-state index contributed by atoms with van der Waals surface area (Å²) in [7, 11) is -0.358. The summed E-state index contributed by atoms with van der Waals surface area (Å²) >= 11 is 5.84. The number of esters is 1. The maximum atomic E-state index is 11.9. The third kappa shape index (κ3) is 5.43. The van der Waals surface area contributed by atoms with Gasteiger partial charge in [0.2, 0.25) is 0 Å². The molecular weight excluding hydrogens is 302 g/mol. The molecule has 0 saturated carbocycles. The molecule has 0 radical (unpaired) electrons. The van der Waals surface area contributed by atoms with Crippen LogP contribution >= 0.6 is 11.6 Å². The SMILES string of the molecule is CC(CCC1(C)OB(CCl)OC1(C)C)CC(=O)OC(C)(C)C. The molecule has 1 saturated heterocycles. The Bertz CT molecular complexity index is 394. The van der Waals surface area contributed by atoms with E-state index >= 15 is 0 Å². The molecular formula is C16H30BClO4. The molecule has 1 heterocycles. The van der Waals surface area contributed by atoms with Crippen molar-refractivity contribution in [3.05, 3.63) is 0 Å². The van der Waals surface area contributed by atoms with Crippen molar-refractivity contribution in [1.29, 1.82) is 0 Å². The number of rotatable bonds is 6. The van der Waals surface area contributed by atoms with E-state index in [1.165, 1.54) is 0 Å². The van der Waals surface area contributed by atoms with E-state index in [0.717, 1.165) is 12.8 Å². The molecule has 1 rings (SSSR count). The predicted octanol–water partition coefficient (Wildman–Crippen LogP) is 3.98. The van der Waals surface area contributed by atoms with Gasteiger partial charge in [-0.25, -0.2) is 0 Å². The Morgan fingerprint density at radius 3 is 2.32 bits per heavy atom. The Kier molecular flexibility index (Phi) is 6.39. The number of hydrogen-bond donors (Lipinski definition) is 0. The summed E-state index contributed by atoms with van der Waals surface area (Å²) in [5.41, 5.74) is -1.21. The average Bonchev–Trinajstić information content (AvgIpc) is 2.55. The smallest absolute Gasteiger partial charge is 0.460 e. The maximum absolute atomic E-state index is 11.9. The van der Waals surface area contributed by atoms with Crippen molar-refractivity contribution in [2.75, 3.05) is 5.78 Å². The fourth-order valence-electron chi connectivity index (χ4n) is 2.62. The number of alkyl halides is 1. The number of halogens is 1. The van der Waals surface area contributed by atoms with E-state index < -0.39 is 16.8 Å². The maximum Gasteiger partial charge on any atom is 0.473 e. The van der Waals surface area contributed by atoms with Crippen molar-refractivity contribution in [2.45, 2.75) is 84.5 Å². The first kappa shape index (κ1) is 19.8. The van der Waals surface area contributed by atoms with Crippen molar-refractivity contribution in [1.82, 2.24) is 0 Å². The van der Waals surface area contributed by atoms with Gasteiger partial charge in [-0.1, -0.05) is 6.92 Å². The lowest BCUT2D eigenvalue weighted by molar-refractivity contribution is -0.156. The Balaban J connectivity index is 2.49. The van der Waals surface area contributed by atoms with Gasteiger partial charge in [-0.15, -0.1) is 11.6 Å². The predicted molar refractivity (Wildman–Crippen MR) is 90.0 cm³/mol. The fourth-order valence-corrected chi connectivity index (χ4v) is 2.75. The zero-order valence-electron chi connectivity index (χ0n) is 15.0. The van der Waals surface area contributed by atoms with Gasteiger partial charge >= 0.3 is 13.1 Å². The largest absolute Gasteiger partial charge is 0.473 e. The first-order chi connectivity index (χ1) is 9.88. The highest BCUT2D eigenvalue weighted by atomic mass is 35.5. The minimum absolute atomic E-state index is 0.147. The zero-order valence-corrected chi connectivity index (χ0v) is 15.8. The van der Waals surface area contributed by atoms with Crippen molar-refractivity contribution in [3.63, 3.8) is 0 Å². The molecule has 1 fully saturated rings. The first-order valence-corrected chi connectivity index (χ1v) is 8.55. The van der Waals surface area contributed by atoms with Gasteiger partial charge in [0.1, 0.15) is 5.60 Å². The molecule has 0 amide bonds. The highest BCUT2D eigenvalue weighted by Crippen LogP contribution is 2.41. The highest BCUT2D eigenvalue weighted by molar-refractivity contribution is 6.57. The summed E-state index contributed by atoms with van der Waals surface area (Å²) < 4.78 is 17.2. The number of ether oxygens (including phenoxy) is 1. The van der Waals surface area contributed by atoms with Crippen LogP contribution in [0.2, 0.25) is 0 Å². The molecule has 0 aliphatic carbocycles. The quantitative estimate of drug-likeness (QED) is 0.419. The second-order valence-corrected chi connectivity index (χ2v) is 8.30. The highest BCUT2D eigenvalue weighted by Gasteiger charge is 2.53. The van der Waals surface area contributed by atoms with Crippen LogP contribution in [0.3, 0.4) is 0 Å². The lowest BCUT2D eigenvalue weighted by Crippen LogP contribution is -2.45. The minimum atomic E-state index is -0.430. The molecule has 0 aromatic carbocycles. The topological polar surface area (TPSA) is 44.8 Å². The summed E-state index contributed by atoms with van der Waals surface area (Å²) in [6.45, 7) is 13.8. The molecule has 0 spiro atoms. The summed E-state index contributed by atoms with van der Waals surface area (Å²) in [6.07, 6.45) is 2.11. The number of carbonyl (C=O) groups excluding carboxylic acids is 1. The van der Waals surface area contributed by atoms with Gasteiger partial charge in [0.05, 0.1) is 17.0 Å². The fraction of sp³-hybridized carbons (Fsp3) is 0.938. The van der Waals surface area contributed by atoms with Gasteiger partial charge in [-0.05, 0) is 60.3 Å². The van der Waals surface area contributed by atoms with Crippen LogP contribution in [0.4, 0.5) is 0 Å². The molecule has 128 valence electrons. The van der Waals surface area contributed by atoms with Crippen molar-refractivity contribution >= 4 is 24.7 Å². The Morgan fingerprint density at radius 1 is 1.27 bits per heavy atom. The van der Waals surface area contributed by atoms with E-state index in [1.807, 2.05) is 34.6 Å². The summed E-state index contributed by atoms with van der Waals surface area (Å²) in [5.74, 6) is 0.416. The molecule has 22 heavy (non-hydrogen) atoms. The van der Waals surface area contributed by atoms with E-state index in [-0.39, 0.29) is 19.0 Å². The summed E-state index contributed by atoms with van der Waals surface area (Å²) in [5, 5.41) is 0. The van der Waals surface area contributed by atoms with E-state index in [0.29, 0.717) is 12.2 Å². The summed E-state index contributed by atoms with van der Waals surface area (Å²) in [6, 6.07) is 0. The van der Waals surface area contributed by atoms with Crippen LogP contribution in [0, 0.1) is 5.92 Å². The lowest BCUT2D eigenvalue weighted by Gasteiger charge is -2.37. The van der Waals surface area contributed by atoms with Crippen molar-refractivity contribution in [3.8, 4) is 0 Å². The van der Waals surface area contributed by atoms with Crippen LogP contribution in [0.25, 0.3) is 0 Å². The Morgan fingerprint density at radius 2 is 1.86 bits per heavy atom. The monoisotopic (exact) mass is 332 g/mol. The van der Waals surface area contributed by atoms with E-state index in [4.69, 9.17) is 25.6 Å². The van der Waals surface area contributed by atoms with Crippen LogP contribution in [0.1, 0.15) is 67.7 Å². The third-order valence-electron chi connectivity index (χ3n) is 4.27. The number of carbonyl (C=O) groups is 1. The van der Waals surface area contributed by atoms with Gasteiger partial charge in [0.15, 0.2) is 0 Å². The first-order valence-electron chi connectivity index (χ1n) is 8.02. The standard InChI is InChI=1S/C16H30BClO4/c1-12(10-13(19)20-14(2,3)4)8-9-16(7)15(5,6)21-17(11-18)22-16/h12H,8-11H2,1-7H3. The normalized spacial score (nSPS) is 26.1. The van der Waals surface area contributed by atoms with E-state index in [9.17, 15) is 4.79 Å². The van der Waals surface area contributed by atoms with Gasteiger partial charge in [-0.2, -0.15) is 0 Å². The zero-order chi connectivity index (χ0) is 17.2. The molecule has 1 aliphatic heterocycles. The molecule has 2 unspecified atom stereocenters. The second-order valence-electron chi connectivity index (χ2n) is 8.00. The van der Waals surface area contributed by atoms with Gasteiger partial charge in [-0.3, -0.25) is 4.79 Å². The molecule has 4 nitrogen and oxygen atoms in total. The lowest BCUT2D eigenvalue weighted by atomic mass is 9.81. The van der Waals surface area contributed by atoms with Crippen LogP contribution in [-0.2, 0) is 18.8 Å². The van der Waals surface area contributed by atoms with Gasteiger partial charge in [0.25, 0.3) is 0 Å². The molecule has 2 atom stereocenters. The summed E-state index contributed by atoms with van der Waals surface area (Å²) in [4.78, 5) is 11.9.